The van der Waals surface area contributed by atoms with Gasteiger partial charge in [0.15, 0.2) is 0 Å². The van der Waals surface area contributed by atoms with Gasteiger partial charge in [-0.1, -0.05) is 23.5 Å². The van der Waals surface area contributed by atoms with Gasteiger partial charge in [-0.15, -0.1) is 0 Å². The number of ether oxygens (including phenoxy) is 1. The standard InChI is InChI=1S/C18H15N3O2S/c1-23-10-7-5-9(6-8-10)13-11-3-2-4-12(11)19-16-14(13)15-17(24-16)21-18(22)20-15/h5-8H,2-4H2,1H3,(H2,20,21,22). The Morgan fingerprint density at radius 3 is 2.79 bits per heavy atom. The van der Waals surface area contributed by atoms with Gasteiger partial charge in [0.1, 0.15) is 15.4 Å². The zero-order valence-electron chi connectivity index (χ0n) is 13.1. The summed E-state index contributed by atoms with van der Waals surface area (Å²) in [5.74, 6) is 0.839. The molecule has 120 valence electrons. The van der Waals surface area contributed by atoms with Gasteiger partial charge >= 0.3 is 5.69 Å². The van der Waals surface area contributed by atoms with Gasteiger partial charge in [-0.2, -0.15) is 0 Å². The molecule has 0 spiro atoms. The van der Waals surface area contributed by atoms with Gasteiger partial charge in [0.05, 0.1) is 12.6 Å². The highest BCUT2D eigenvalue weighted by molar-refractivity contribution is 7.25. The van der Waals surface area contributed by atoms with Gasteiger partial charge in [0.2, 0.25) is 0 Å². The molecule has 0 fully saturated rings. The summed E-state index contributed by atoms with van der Waals surface area (Å²) in [6.07, 6.45) is 3.19. The van der Waals surface area contributed by atoms with E-state index in [1.807, 2.05) is 12.1 Å². The van der Waals surface area contributed by atoms with E-state index in [9.17, 15) is 4.79 Å². The van der Waals surface area contributed by atoms with Gasteiger partial charge in [-0.25, -0.2) is 9.78 Å². The van der Waals surface area contributed by atoms with Crippen molar-refractivity contribution < 1.29 is 4.74 Å². The summed E-state index contributed by atoms with van der Waals surface area (Å²) in [5, 5.41) is 1.05. The molecular formula is C18H15N3O2S. The summed E-state index contributed by atoms with van der Waals surface area (Å²) in [7, 11) is 1.67. The molecule has 1 aromatic carbocycles. The fourth-order valence-electron chi connectivity index (χ4n) is 3.66. The number of aryl methyl sites for hydroxylation is 1. The normalized spacial score (nSPS) is 13.7. The number of imidazole rings is 1. The second kappa shape index (κ2) is 4.95. The van der Waals surface area contributed by atoms with E-state index in [4.69, 9.17) is 9.72 Å². The van der Waals surface area contributed by atoms with Gasteiger partial charge in [0, 0.05) is 11.1 Å². The van der Waals surface area contributed by atoms with Crippen molar-refractivity contribution in [3.8, 4) is 16.9 Å². The molecule has 6 heteroatoms. The molecule has 1 aliphatic rings. The molecule has 1 aliphatic carbocycles. The first-order valence-corrected chi connectivity index (χ1v) is 8.77. The van der Waals surface area contributed by atoms with Crippen LogP contribution in [0.5, 0.6) is 5.75 Å². The molecule has 5 rings (SSSR count). The molecule has 0 amide bonds. The van der Waals surface area contributed by atoms with Crippen LogP contribution in [0.1, 0.15) is 17.7 Å². The van der Waals surface area contributed by atoms with E-state index in [-0.39, 0.29) is 5.69 Å². The topological polar surface area (TPSA) is 70.8 Å². The quantitative estimate of drug-likeness (QED) is 0.587. The van der Waals surface area contributed by atoms with Crippen molar-refractivity contribution in [1.29, 1.82) is 0 Å². The summed E-state index contributed by atoms with van der Waals surface area (Å²) in [5.41, 5.74) is 5.56. The van der Waals surface area contributed by atoms with E-state index in [1.54, 1.807) is 18.4 Å². The first-order chi connectivity index (χ1) is 11.7. The van der Waals surface area contributed by atoms with Crippen molar-refractivity contribution in [2.45, 2.75) is 19.3 Å². The minimum atomic E-state index is -0.167. The number of hydrogen-bond acceptors (Lipinski definition) is 4. The van der Waals surface area contributed by atoms with Gasteiger partial charge in [-0.3, -0.25) is 4.98 Å². The molecule has 0 radical (unpaired) electrons. The Labute approximate surface area is 141 Å². The number of fused-ring (bicyclic) bond motifs is 4. The number of rotatable bonds is 2. The summed E-state index contributed by atoms with van der Waals surface area (Å²) < 4.78 is 5.28. The van der Waals surface area contributed by atoms with Crippen LogP contribution in [0.3, 0.4) is 0 Å². The molecule has 0 bridgehead atoms. The Balaban J connectivity index is 1.91. The monoisotopic (exact) mass is 337 g/mol. The van der Waals surface area contributed by atoms with Crippen LogP contribution in [0, 0.1) is 0 Å². The first kappa shape index (κ1) is 13.8. The van der Waals surface area contributed by atoms with Crippen LogP contribution in [0.2, 0.25) is 0 Å². The van der Waals surface area contributed by atoms with E-state index in [0.29, 0.717) is 0 Å². The highest BCUT2D eigenvalue weighted by Crippen LogP contribution is 2.42. The number of benzene rings is 1. The van der Waals surface area contributed by atoms with Crippen molar-refractivity contribution in [3.05, 3.63) is 46.0 Å². The van der Waals surface area contributed by atoms with E-state index < -0.39 is 0 Å². The number of pyridine rings is 1. The number of nitrogens with zero attached hydrogens (tertiary/aromatic N) is 1. The van der Waals surface area contributed by atoms with E-state index >= 15 is 0 Å². The number of H-pyrrole nitrogens is 2. The van der Waals surface area contributed by atoms with Crippen LogP contribution >= 0.6 is 11.3 Å². The Kier molecular flexibility index (Phi) is 2.84. The SMILES string of the molecule is COc1ccc(-c2c3c(nc4sc5[nH]c(=O)[nH]c5c24)CCC3)cc1. The average molecular weight is 337 g/mol. The largest absolute Gasteiger partial charge is 0.497 e. The second-order valence-corrected chi connectivity index (χ2v) is 7.06. The minimum absolute atomic E-state index is 0.167. The fraction of sp³-hybridized carbons (Fsp3) is 0.222. The molecule has 4 aromatic rings. The van der Waals surface area contributed by atoms with Crippen molar-refractivity contribution in [3.63, 3.8) is 0 Å². The Bertz CT molecular complexity index is 1140. The number of thiophene rings is 1. The summed E-state index contributed by atoms with van der Waals surface area (Å²) in [6, 6.07) is 8.12. The maximum absolute atomic E-state index is 11.7. The lowest BCUT2D eigenvalue weighted by Crippen LogP contribution is -2.00. The first-order valence-electron chi connectivity index (χ1n) is 7.95. The maximum Gasteiger partial charge on any atom is 0.324 e. The van der Waals surface area contributed by atoms with Crippen LogP contribution in [0.4, 0.5) is 0 Å². The summed E-state index contributed by atoms with van der Waals surface area (Å²) in [6.45, 7) is 0. The number of nitrogens with one attached hydrogen (secondary N) is 2. The Morgan fingerprint density at radius 1 is 1.17 bits per heavy atom. The molecule has 2 N–H and O–H groups in total. The average Bonchev–Trinajstić information content (AvgIpc) is 3.27. The van der Waals surface area contributed by atoms with Crippen LogP contribution in [0.25, 0.3) is 31.7 Å². The predicted molar refractivity (Wildman–Crippen MR) is 96.1 cm³/mol. The second-order valence-electron chi connectivity index (χ2n) is 6.06. The predicted octanol–water partition coefficient (Wildman–Crippen LogP) is 3.63. The van der Waals surface area contributed by atoms with E-state index in [1.165, 1.54) is 16.8 Å². The van der Waals surface area contributed by atoms with Crippen molar-refractivity contribution in [1.82, 2.24) is 15.0 Å². The van der Waals surface area contributed by atoms with Crippen LogP contribution < -0.4 is 10.4 Å². The van der Waals surface area contributed by atoms with Crippen LogP contribution in [0.15, 0.2) is 29.1 Å². The lowest BCUT2D eigenvalue weighted by atomic mass is 9.96. The summed E-state index contributed by atoms with van der Waals surface area (Å²) >= 11 is 1.54. The third-order valence-corrected chi connectivity index (χ3v) is 5.71. The Hall–Kier alpha value is -2.60. The number of methoxy groups -OCH3 is 1. The summed E-state index contributed by atoms with van der Waals surface area (Å²) in [4.78, 5) is 24.2. The molecule has 3 heterocycles. The molecule has 3 aromatic heterocycles. The Morgan fingerprint density at radius 2 is 2.00 bits per heavy atom. The zero-order chi connectivity index (χ0) is 16.3. The molecule has 0 atom stereocenters. The number of aromatic nitrogens is 3. The smallest absolute Gasteiger partial charge is 0.324 e. The molecule has 0 saturated carbocycles. The van der Waals surface area contributed by atoms with Crippen molar-refractivity contribution in [2.75, 3.05) is 7.11 Å². The lowest BCUT2D eigenvalue weighted by Gasteiger charge is -2.11. The zero-order valence-corrected chi connectivity index (χ0v) is 13.9. The van der Waals surface area contributed by atoms with Crippen LogP contribution in [-0.2, 0) is 12.8 Å². The fourth-order valence-corrected chi connectivity index (χ4v) is 4.71. The van der Waals surface area contributed by atoms with E-state index in [0.717, 1.165) is 51.1 Å². The van der Waals surface area contributed by atoms with Crippen molar-refractivity contribution in [2.24, 2.45) is 0 Å². The molecule has 5 nitrogen and oxygen atoms in total. The molecule has 0 aliphatic heterocycles. The van der Waals surface area contributed by atoms with Crippen molar-refractivity contribution >= 4 is 31.9 Å². The van der Waals surface area contributed by atoms with Crippen LogP contribution in [-0.4, -0.2) is 22.1 Å². The third-order valence-electron chi connectivity index (χ3n) is 4.71. The molecular weight excluding hydrogens is 322 g/mol. The third kappa shape index (κ3) is 1.86. The number of hydrogen-bond donors (Lipinski definition) is 2. The van der Waals surface area contributed by atoms with Gasteiger partial charge in [-0.05, 0) is 48.1 Å². The highest BCUT2D eigenvalue weighted by atomic mass is 32.1. The molecule has 0 unspecified atom stereocenters. The lowest BCUT2D eigenvalue weighted by molar-refractivity contribution is 0.415. The molecule has 24 heavy (non-hydrogen) atoms. The van der Waals surface area contributed by atoms with Gasteiger partial charge in [0.25, 0.3) is 0 Å². The molecule has 0 saturated heterocycles. The van der Waals surface area contributed by atoms with Gasteiger partial charge < -0.3 is 9.72 Å². The number of aromatic amines is 2. The van der Waals surface area contributed by atoms with E-state index in [2.05, 4.69) is 22.1 Å². The maximum atomic E-state index is 11.7. The highest BCUT2D eigenvalue weighted by Gasteiger charge is 2.24. The minimum Gasteiger partial charge on any atom is -0.497 e.